The van der Waals surface area contributed by atoms with Crippen LogP contribution >= 0.6 is 0 Å². The molecule has 0 atom stereocenters. The number of hydrogen-bond donors (Lipinski definition) is 2. The molecule has 2 heterocycles. The molecule has 7 nitrogen and oxygen atoms in total. The van der Waals surface area contributed by atoms with Crippen LogP contribution in [0.2, 0.25) is 0 Å². The molecule has 1 aromatic heterocycles. The van der Waals surface area contributed by atoms with Crippen molar-refractivity contribution in [1.82, 2.24) is 10.6 Å². The van der Waals surface area contributed by atoms with E-state index in [2.05, 4.69) is 0 Å². The molecule has 122 valence electrons. The van der Waals surface area contributed by atoms with E-state index < -0.39 is 17.8 Å². The lowest BCUT2D eigenvalue weighted by atomic mass is 10.0. The Morgan fingerprint density at radius 3 is 2.32 bits per heavy atom. The summed E-state index contributed by atoms with van der Waals surface area (Å²) in [5.41, 5.74) is -0.251. The molecule has 1 aliphatic heterocycles. The van der Waals surface area contributed by atoms with E-state index in [1.807, 2.05) is 34.9 Å². The number of rotatable bonds is 1. The topological polar surface area (TPSA) is 105 Å². The maximum absolute atomic E-state index is 12.7. The van der Waals surface area contributed by atoms with Gasteiger partial charge in [0.25, 0.3) is 11.8 Å². The van der Waals surface area contributed by atoms with Crippen LogP contribution in [0, 0.1) is 0 Å². The molecule has 0 unspecified atom stereocenters. The number of barbiturate groups is 1. The molecule has 4 rings (SSSR count). The van der Waals surface area contributed by atoms with Crippen LogP contribution < -0.4 is 16.1 Å². The predicted molar refractivity (Wildman–Crippen MR) is 89.6 cm³/mol. The first-order chi connectivity index (χ1) is 12.0. The number of carbonyl (C=O) groups is 3. The molecule has 7 heteroatoms. The van der Waals surface area contributed by atoms with E-state index in [0.29, 0.717) is 11.0 Å². The molecule has 2 N–H and O–H groups in total. The van der Waals surface area contributed by atoms with Crippen LogP contribution in [0.3, 0.4) is 0 Å². The molecule has 4 amide bonds. The molecule has 1 saturated heterocycles. The first-order valence-corrected chi connectivity index (χ1v) is 7.36. The molecule has 0 spiro atoms. The highest BCUT2D eigenvalue weighted by Gasteiger charge is 2.28. The third-order valence-corrected chi connectivity index (χ3v) is 3.93. The molecular formula is C18H10N2O5. The number of nitrogens with one attached hydrogen (secondary N) is 2. The largest absolute Gasteiger partial charge is 0.463 e. The van der Waals surface area contributed by atoms with Crippen LogP contribution in [0.15, 0.2) is 57.4 Å². The third-order valence-electron chi connectivity index (χ3n) is 3.93. The van der Waals surface area contributed by atoms with Crippen molar-refractivity contribution >= 4 is 45.7 Å². The Bertz CT molecular complexity index is 1150. The van der Waals surface area contributed by atoms with Gasteiger partial charge in [0.2, 0.25) is 0 Å². The van der Waals surface area contributed by atoms with E-state index in [4.69, 9.17) is 4.42 Å². The monoisotopic (exact) mass is 334 g/mol. The fourth-order valence-electron chi connectivity index (χ4n) is 2.74. The molecule has 0 bridgehead atoms. The van der Waals surface area contributed by atoms with E-state index >= 15 is 0 Å². The van der Waals surface area contributed by atoms with Gasteiger partial charge in [0.15, 0.2) is 5.43 Å². The fraction of sp³-hybridized carbons (Fsp3) is 0. The Morgan fingerprint density at radius 2 is 1.56 bits per heavy atom. The molecule has 1 fully saturated rings. The van der Waals surface area contributed by atoms with E-state index in [-0.39, 0.29) is 16.6 Å². The Balaban J connectivity index is 1.91. The van der Waals surface area contributed by atoms with E-state index in [1.54, 1.807) is 12.1 Å². The van der Waals surface area contributed by atoms with Crippen LogP contribution in [-0.2, 0) is 9.59 Å². The summed E-state index contributed by atoms with van der Waals surface area (Å²) < 4.78 is 5.60. The summed E-state index contributed by atoms with van der Waals surface area (Å²) in [6, 6.07) is 9.99. The van der Waals surface area contributed by atoms with Crippen LogP contribution in [0.1, 0.15) is 5.56 Å². The van der Waals surface area contributed by atoms with Gasteiger partial charge in [-0.15, -0.1) is 0 Å². The summed E-state index contributed by atoms with van der Waals surface area (Å²) in [6.07, 6.45) is 2.30. The van der Waals surface area contributed by atoms with Crippen LogP contribution in [0.25, 0.3) is 27.8 Å². The third kappa shape index (κ3) is 2.38. The summed E-state index contributed by atoms with van der Waals surface area (Å²) in [7, 11) is 0. The molecule has 0 radical (unpaired) electrons. The van der Waals surface area contributed by atoms with Crippen molar-refractivity contribution in [2.45, 2.75) is 0 Å². The van der Waals surface area contributed by atoms with E-state index in [1.165, 1.54) is 6.26 Å². The highest BCUT2D eigenvalue weighted by atomic mass is 16.3. The first kappa shape index (κ1) is 14.8. The number of benzene rings is 2. The summed E-state index contributed by atoms with van der Waals surface area (Å²) in [5, 5.41) is 5.95. The van der Waals surface area contributed by atoms with Crippen molar-refractivity contribution in [2.24, 2.45) is 0 Å². The summed E-state index contributed by atoms with van der Waals surface area (Å²) in [4.78, 5) is 47.3. The second-order valence-electron chi connectivity index (χ2n) is 5.48. The zero-order chi connectivity index (χ0) is 17.6. The highest BCUT2D eigenvalue weighted by molar-refractivity contribution is 6.31. The van der Waals surface area contributed by atoms with Gasteiger partial charge in [0, 0.05) is 5.39 Å². The molecule has 3 aromatic rings. The van der Waals surface area contributed by atoms with Crippen LogP contribution in [0.4, 0.5) is 4.79 Å². The smallest absolute Gasteiger partial charge is 0.328 e. The Kier molecular flexibility index (Phi) is 3.21. The maximum atomic E-state index is 12.7. The van der Waals surface area contributed by atoms with Crippen molar-refractivity contribution in [1.29, 1.82) is 0 Å². The standard InChI is InChI=1S/C18H10N2O5/c21-14-10(7-13-16(22)19-18(24)20-17(13)23)8-25-15-11-4-2-1-3-9(11)5-6-12(14)15/h1-8H,(H2,19,20,22,23,24). The minimum Gasteiger partial charge on any atom is -0.463 e. The number of fused-ring (bicyclic) bond motifs is 3. The van der Waals surface area contributed by atoms with Gasteiger partial charge in [0.1, 0.15) is 17.4 Å². The Labute approximate surface area is 139 Å². The molecule has 0 saturated carbocycles. The van der Waals surface area contributed by atoms with Crippen LogP contribution in [-0.4, -0.2) is 17.8 Å². The Morgan fingerprint density at radius 1 is 0.840 bits per heavy atom. The summed E-state index contributed by atoms with van der Waals surface area (Å²) >= 11 is 0. The lowest BCUT2D eigenvalue weighted by Crippen LogP contribution is -2.51. The molecule has 25 heavy (non-hydrogen) atoms. The quantitative estimate of drug-likeness (QED) is 0.400. The Hall–Kier alpha value is -3.74. The van der Waals surface area contributed by atoms with Gasteiger partial charge in [-0.05, 0) is 17.5 Å². The zero-order valence-corrected chi connectivity index (χ0v) is 12.7. The van der Waals surface area contributed by atoms with Gasteiger partial charge in [-0.3, -0.25) is 25.0 Å². The second-order valence-corrected chi connectivity index (χ2v) is 5.48. The van der Waals surface area contributed by atoms with Gasteiger partial charge in [-0.2, -0.15) is 0 Å². The fourth-order valence-corrected chi connectivity index (χ4v) is 2.74. The minimum absolute atomic E-state index is 0.0393. The summed E-state index contributed by atoms with van der Waals surface area (Å²) in [6.45, 7) is 0. The minimum atomic E-state index is -0.899. The predicted octanol–water partition coefficient (Wildman–Crippen LogP) is 1.70. The lowest BCUT2D eigenvalue weighted by Gasteiger charge is -2.13. The molecule has 1 aliphatic rings. The van der Waals surface area contributed by atoms with Crippen molar-refractivity contribution < 1.29 is 18.8 Å². The van der Waals surface area contributed by atoms with Crippen molar-refractivity contribution in [3.05, 3.63) is 64.0 Å². The van der Waals surface area contributed by atoms with Crippen LogP contribution in [0.5, 0.6) is 0 Å². The molecule has 0 aliphatic carbocycles. The normalized spacial score (nSPS) is 14.6. The van der Waals surface area contributed by atoms with Gasteiger partial charge < -0.3 is 4.42 Å². The average molecular weight is 334 g/mol. The molecule has 2 aromatic carbocycles. The highest BCUT2D eigenvalue weighted by Crippen LogP contribution is 2.24. The summed E-state index contributed by atoms with van der Waals surface area (Å²) in [5.74, 6) is -1.74. The second kappa shape index (κ2) is 5.41. The van der Waals surface area contributed by atoms with Gasteiger partial charge in [-0.1, -0.05) is 30.3 Å². The van der Waals surface area contributed by atoms with Crippen molar-refractivity contribution in [3.63, 3.8) is 0 Å². The molecular weight excluding hydrogens is 324 g/mol. The lowest BCUT2D eigenvalue weighted by molar-refractivity contribution is -0.123. The maximum Gasteiger partial charge on any atom is 0.328 e. The zero-order valence-electron chi connectivity index (χ0n) is 12.7. The van der Waals surface area contributed by atoms with Gasteiger partial charge in [-0.25, -0.2) is 4.79 Å². The van der Waals surface area contributed by atoms with E-state index in [0.717, 1.165) is 16.8 Å². The number of amides is 4. The SMILES string of the molecule is O=C1NC(=O)C(=Cc2coc3c(ccc4ccccc43)c2=O)C(=O)N1. The van der Waals surface area contributed by atoms with Gasteiger partial charge in [0.05, 0.1) is 10.9 Å². The first-order valence-electron chi connectivity index (χ1n) is 7.36. The average Bonchev–Trinajstić information content (AvgIpc) is 2.59. The number of hydrogen-bond acceptors (Lipinski definition) is 5. The van der Waals surface area contributed by atoms with E-state index in [9.17, 15) is 19.2 Å². The van der Waals surface area contributed by atoms with Crippen molar-refractivity contribution in [3.8, 4) is 0 Å². The number of urea groups is 1. The number of carbonyl (C=O) groups excluding carboxylic acids is 3. The van der Waals surface area contributed by atoms with Gasteiger partial charge >= 0.3 is 6.03 Å². The number of imide groups is 2. The van der Waals surface area contributed by atoms with Crippen molar-refractivity contribution in [2.75, 3.05) is 0 Å².